The number of ether oxygens (including phenoxy) is 2. The van der Waals surface area contributed by atoms with Gasteiger partial charge in [0.05, 0.1) is 13.2 Å². The summed E-state index contributed by atoms with van der Waals surface area (Å²) in [6, 6.07) is 7.59. The maximum atomic E-state index is 12.6. The first-order chi connectivity index (χ1) is 11.8. The normalized spacial score (nSPS) is 22.0. The zero-order valence-corrected chi connectivity index (χ0v) is 15.1. The number of hydrogen-bond donors (Lipinski definition) is 0. The van der Waals surface area contributed by atoms with E-state index in [2.05, 4.69) is 15.9 Å². The number of amides is 1. The van der Waals surface area contributed by atoms with E-state index in [1.807, 2.05) is 24.3 Å². The van der Waals surface area contributed by atoms with E-state index in [-0.39, 0.29) is 19.0 Å². The van der Waals surface area contributed by atoms with Gasteiger partial charge in [0.1, 0.15) is 0 Å². The van der Waals surface area contributed by atoms with Crippen LogP contribution in [-0.4, -0.2) is 43.3 Å². The first-order valence-corrected chi connectivity index (χ1v) is 9.02. The minimum atomic E-state index is -4.83. The summed E-state index contributed by atoms with van der Waals surface area (Å²) in [5.74, 6) is -2.83. The molecule has 1 aromatic carbocycles. The minimum absolute atomic E-state index is 0.0496. The summed E-state index contributed by atoms with van der Waals surface area (Å²) in [7, 11) is 0. The van der Waals surface area contributed by atoms with Crippen molar-refractivity contribution in [3.05, 3.63) is 34.3 Å². The predicted octanol–water partition coefficient (Wildman–Crippen LogP) is 3.84. The fourth-order valence-corrected chi connectivity index (χ4v) is 3.77. The Morgan fingerprint density at radius 1 is 1.12 bits per heavy atom. The highest BCUT2D eigenvalue weighted by Gasteiger charge is 2.48. The van der Waals surface area contributed by atoms with Crippen LogP contribution in [0.2, 0.25) is 0 Å². The number of benzene rings is 1. The van der Waals surface area contributed by atoms with Gasteiger partial charge in [-0.2, -0.15) is 13.2 Å². The molecule has 25 heavy (non-hydrogen) atoms. The highest BCUT2D eigenvalue weighted by molar-refractivity contribution is 9.10. The average molecular weight is 422 g/mol. The van der Waals surface area contributed by atoms with Crippen LogP contribution in [0.4, 0.5) is 13.2 Å². The fraction of sp³-hybridized carbons (Fsp3) is 0.588. The Kier molecular flexibility index (Phi) is 5.41. The second-order valence-corrected chi connectivity index (χ2v) is 7.20. The van der Waals surface area contributed by atoms with E-state index in [0.29, 0.717) is 26.1 Å². The zero-order valence-electron chi connectivity index (χ0n) is 13.5. The summed E-state index contributed by atoms with van der Waals surface area (Å²) in [6.07, 6.45) is -3.24. The van der Waals surface area contributed by atoms with E-state index >= 15 is 0 Å². The number of hydrogen-bond acceptors (Lipinski definition) is 3. The second kappa shape index (κ2) is 7.25. The lowest BCUT2D eigenvalue weighted by Gasteiger charge is -2.46. The molecule has 0 unspecified atom stereocenters. The van der Waals surface area contributed by atoms with Gasteiger partial charge in [-0.15, -0.1) is 0 Å². The van der Waals surface area contributed by atoms with Gasteiger partial charge in [-0.25, -0.2) is 0 Å². The lowest BCUT2D eigenvalue weighted by atomic mass is 9.83. The Hall–Kier alpha value is -1.12. The topological polar surface area (TPSA) is 38.8 Å². The Bertz CT molecular complexity index is 607. The molecular weight excluding hydrogens is 403 g/mol. The predicted molar refractivity (Wildman–Crippen MR) is 87.7 cm³/mol. The fourth-order valence-electron chi connectivity index (χ4n) is 3.51. The molecule has 0 radical (unpaired) electrons. The first-order valence-electron chi connectivity index (χ1n) is 8.23. The van der Waals surface area contributed by atoms with Crippen molar-refractivity contribution in [2.24, 2.45) is 5.92 Å². The number of likely N-dealkylation sites (tertiary alicyclic amines) is 1. The van der Waals surface area contributed by atoms with E-state index in [9.17, 15) is 18.0 Å². The van der Waals surface area contributed by atoms with Crippen LogP contribution in [-0.2, 0) is 20.1 Å². The minimum Gasteiger partial charge on any atom is -0.346 e. The standard InChI is InChI=1S/C17H19BrF3NO3/c18-14-4-2-12(3-5-14)16(24-10-1-11-25-16)13-6-8-22(9-7-13)15(23)17(19,20)21/h2-5,13H,1,6-11H2. The molecule has 2 saturated heterocycles. The largest absolute Gasteiger partial charge is 0.471 e. The molecule has 0 atom stereocenters. The molecule has 2 aliphatic rings. The lowest BCUT2D eigenvalue weighted by molar-refractivity contribution is -0.309. The molecule has 0 aromatic heterocycles. The van der Waals surface area contributed by atoms with Gasteiger partial charge in [0.25, 0.3) is 0 Å². The zero-order chi connectivity index (χ0) is 18.1. The van der Waals surface area contributed by atoms with Crippen molar-refractivity contribution in [3.8, 4) is 0 Å². The molecule has 0 N–H and O–H groups in total. The first kappa shape index (κ1) is 18.7. The van der Waals surface area contributed by atoms with Crippen LogP contribution < -0.4 is 0 Å². The lowest BCUT2D eigenvalue weighted by Crippen LogP contribution is -2.51. The van der Waals surface area contributed by atoms with Crippen molar-refractivity contribution >= 4 is 21.8 Å². The van der Waals surface area contributed by atoms with Gasteiger partial charge in [-0.05, 0) is 31.4 Å². The molecule has 8 heteroatoms. The van der Waals surface area contributed by atoms with E-state index in [4.69, 9.17) is 9.47 Å². The molecular formula is C17H19BrF3NO3. The smallest absolute Gasteiger partial charge is 0.346 e. The van der Waals surface area contributed by atoms with Crippen molar-refractivity contribution in [2.45, 2.75) is 31.2 Å². The third-order valence-corrected chi connectivity index (χ3v) is 5.26. The summed E-state index contributed by atoms with van der Waals surface area (Å²) in [5, 5.41) is 0. The van der Waals surface area contributed by atoms with Gasteiger partial charge in [0.2, 0.25) is 0 Å². The number of piperidine rings is 1. The Balaban J connectivity index is 1.78. The van der Waals surface area contributed by atoms with Crippen LogP contribution in [0.1, 0.15) is 24.8 Å². The van der Waals surface area contributed by atoms with E-state index in [1.165, 1.54) is 0 Å². The van der Waals surface area contributed by atoms with Gasteiger partial charge < -0.3 is 14.4 Å². The van der Waals surface area contributed by atoms with E-state index in [0.717, 1.165) is 21.4 Å². The molecule has 3 rings (SSSR count). The van der Waals surface area contributed by atoms with Crippen molar-refractivity contribution in [1.29, 1.82) is 0 Å². The maximum absolute atomic E-state index is 12.6. The molecule has 0 spiro atoms. The van der Waals surface area contributed by atoms with Crippen molar-refractivity contribution in [3.63, 3.8) is 0 Å². The highest BCUT2D eigenvalue weighted by atomic mass is 79.9. The molecule has 2 fully saturated rings. The van der Waals surface area contributed by atoms with Crippen molar-refractivity contribution in [2.75, 3.05) is 26.3 Å². The van der Waals surface area contributed by atoms with Crippen molar-refractivity contribution < 1.29 is 27.4 Å². The van der Waals surface area contributed by atoms with Gasteiger partial charge >= 0.3 is 12.1 Å². The number of alkyl halides is 3. The Morgan fingerprint density at radius 3 is 2.20 bits per heavy atom. The number of nitrogens with zero attached hydrogens (tertiary/aromatic N) is 1. The summed E-state index contributed by atoms with van der Waals surface area (Å²) in [4.78, 5) is 12.3. The molecule has 0 aliphatic carbocycles. The van der Waals surface area contributed by atoms with Crippen LogP contribution >= 0.6 is 15.9 Å². The monoisotopic (exact) mass is 421 g/mol. The summed E-state index contributed by atoms with van der Waals surface area (Å²) < 4.78 is 50.8. The van der Waals surface area contributed by atoms with Gasteiger partial charge in [-0.1, -0.05) is 28.1 Å². The summed E-state index contributed by atoms with van der Waals surface area (Å²) in [6.45, 7) is 1.18. The molecule has 0 saturated carbocycles. The van der Waals surface area contributed by atoms with Crippen molar-refractivity contribution in [1.82, 2.24) is 4.90 Å². The van der Waals surface area contributed by atoms with E-state index in [1.54, 1.807) is 0 Å². The van der Waals surface area contributed by atoms with Crippen LogP contribution in [0.3, 0.4) is 0 Å². The van der Waals surface area contributed by atoms with Gasteiger partial charge in [0, 0.05) is 29.0 Å². The molecule has 2 heterocycles. The Morgan fingerprint density at radius 2 is 1.68 bits per heavy atom. The maximum Gasteiger partial charge on any atom is 0.471 e. The third-order valence-electron chi connectivity index (χ3n) is 4.73. The van der Waals surface area contributed by atoms with Crippen LogP contribution in [0.15, 0.2) is 28.7 Å². The summed E-state index contributed by atoms with van der Waals surface area (Å²) in [5.41, 5.74) is 0.857. The quantitative estimate of drug-likeness (QED) is 0.727. The number of rotatable bonds is 2. The van der Waals surface area contributed by atoms with Gasteiger partial charge in [-0.3, -0.25) is 4.79 Å². The molecule has 138 valence electrons. The highest BCUT2D eigenvalue weighted by Crippen LogP contribution is 2.43. The number of carbonyl (C=O) groups is 1. The molecule has 1 aromatic rings. The third kappa shape index (κ3) is 3.85. The average Bonchev–Trinajstić information content (AvgIpc) is 2.61. The second-order valence-electron chi connectivity index (χ2n) is 6.29. The SMILES string of the molecule is O=C(N1CCC(C2(c3ccc(Br)cc3)OCCCO2)CC1)C(F)(F)F. The number of halogens is 4. The van der Waals surface area contributed by atoms with Gasteiger partial charge in [0.15, 0.2) is 5.79 Å². The van der Waals surface area contributed by atoms with Crippen LogP contribution in [0.5, 0.6) is 0 Å². The molecule has 2 aliphatic heterocycles. The summed E-state index contributed by atoms with van der Waals surface area (Å²) >= 11 is 3.39. The molecule has 1 amide bonds. The van der Waals surface area contributed by atoms with Crippen LogP contribution in [0.25, 0.3) is 0 Å². The molecule has 4 nitrogen and oxygen atoms in total. The Labute approximate surface area is 152 Å². The van der Waals surface area contributed by atoms with E-state index < -0.39 is 17.9 Å². The van der Waals surface area contributed by atoms with Crippen LogP contribution in [0, 0.1) is 5.92 Å². The number of carbonyl (C=O) groups excluding carboxylic acids is 1. The molecule has 0 bridgehead atoms.